The summed E-state index contributed by atoms with van der Waals surface area (Å²) in [6.07, 6.45) is 2.49. The van der Waals surface area contributed by atoms with Crippen molar-refractivity contribution in [2.45, 2.75) is 31.4 Å². The molecule has 1 aliphatic rings. The fourth-order valence-electron chi connectivity index (χ4n) is 2.18. The van der Waals surface area contributed by atoms with E-state index in [4.69, 9.17) is 10.5 Å². The Morgan fingerprint density at radius 1 is 1.56 bits per heavy atom. The number of hydrogen-bond acceptors (Lipinski definition) is 5. The van der Waals surface area contributed by atoms with E-state index >= 15 is 0 Å². The Kier molecular flexibility index (Phi) is 3.96. The molecule has 0 aliphatic heterocycles. The van der Waals surface area contributed by atoms with Gasteiger partial charge in [0.1, 0.15) is 9.84 Å². The van der Waals surface area contributed by atoms with Crippen molar-refractivity contribution in [1.82, 2.24) is 0 Å². The zero-order valence-electron chi connectivity index (χ0n) is 9.73. The zero-order valence-corrected chi connectivity index (χ0v) is 10.5. The number of nitrogens with two attached hydrogens (primary N) is 1. The highest BCUT2D eigenvalue weighted by Gasteiger charge is 2.48. The van der Waals surface area contributed by atoms with Crippen LogP contribution < -0.4 is 5.73 Å². The number of ether oxygens (including phenoxy) is 1. The SMILES string of the molecule is CCOC(=O)[C@]1(CN)CC[C@H](S(C)(=O)=O)C1. The van der Waals surface area contributed by atoms with Crippen LogP contribution in [0.1, 0.15) is 26.2 Å². The van der Waals surface area contributed by atoms with E-state index in [0.29, 0.717) is 25.9 Å². The van der Waals surface area contributed by atoms with E-state index in [1.165, 1.54) is 6.26 Å². The van der Waals surface area contributed by atoms with Crippen LogP contribution in [0.3, 0.4) is 0 Å². The number of hydrogen-bond donors (Lipinski definition) is 1. The monoisotopic (exact) mass is 249 g/mol. The third-order valence-corrected chi connectivity index (χ3v) is 4.88. The van der Waals surface area contributed by atoms with Gasteiger partial charge in [0, 0.05) is 12.8 Å². The number of rotatable bonds is 4. The van der Waals surface area contributed by atoms with Crippen LogP contribution in [-0.4, -0.2) is 39.0 Å². The molecule has 1 fully saturated rings. The summed E-state index contributed by atoms with van der Waals surface area (Å²) in [5, 5.41) is -0.458. The summed E-state index contributed by atoms with van der Waals surface area (Å²) in [5.74, 6) is -0.358. The van der Waals surface area contributed by atoms with Crippen molar-refractivity contribution in [1.29, 1.82) is 0 Å². The van der Waals surface area contributed by atoms with E-state index in [0.717, 1.165) is 0 Å². The minimum atomic E-state index is -3.10. The summed E-state index contributed by atoms with van der Waals surface area (Å²) < 4.78 is 27.8. The standard InChI is InChI=1S/C10H19NO4S/c1-3-15-9(12)10(7-11)5-4-8(6-10)16(2,13)14/h8H,3-7,11H2,1-2H3/t8-,10+/m0/s1. The van der Waals surface area contributed by atoms with Gasteiger partial charge in [-0.2, -0.15) is 0 Å². The van der Waals surface area contributed by atoms with Gasteiger partial charge in [-0.05, 0) is 26.2 Å². The molecule has 0 aromatic carbocycles. The Bertz CT molecular complexity index is 365. The molecule has 0 aromatic heterocycles. The Labute approximate surface area is 96.3 Å². The maximum absolute atomic E-state index is 11.8. The van der Waals surface area contributed by atoms with Crippen molar-refractivity contribution in [3.8, 4) is 0 Å². The quantitative estimate of drug-likeness (QED) is 0.714. The second kappa shape index (κ2) is 4.71. The van der Waals surface area contributed by atoms with Gasteiger partial charge in [0.25, 0.3) is 0 Å². The molecule has 0 amide bonds. The lowest BCUT2D eigenvalue weighted by molar-refractivity contribution is -0.154. The van der Waals surface area contributed by atoms with E-state index in [-0.39, 0.29) is 12.5 Å². The molecular weight excluding hydrogens is 230 g/mol. The molecule has 16 heavy (non-hydrogen) atoms. The largest absolute Gasteiger partial charge is 0.466 e. The van der Waals surface area contributed by atoms with Crippen LogP contribution in [0.5, 0.6) is 0 Å². The molecule has 0 saturated heterocycles. The predicted octanol–water partition coefficient (Wildman–Crippen LogP) is 0.0917. The Hall–Kier alpha value is -0.620. The van der Waals surface area contributed by atoms with Gasteiger partial charge in [-0.1, -0.05) is 0 Å². The molecule has 0 radical (unpaired) electrons. The van der Waals surface area contributed by atoms with Crippen molar-refractivity contribution < 1.29 is 17.9 Å². The van der Waals surface area contributed by atoms with Gasteiger partial charge in [-0.25, -0.2) is 8.42 Å². The third-order valence-electron chi connectivity index (χ3n) is 3.27. The molecule has 0 unspecified atom stereocenters. The third kappa shape index (κ3) is 2.55. The number of sulfone groups is 1. The highest BCUT2D eigenvalue weighted by atomic mass is 32.2. The highest BCUT2D eigenvalue weighted by Crippen LogP contribution is 2.41. The molecule has 6 heteroatoms. The molecule has 0 bridgehead atoms. The molecule has 0 aromatic rings. The van der Waals surface area contributed by atoms with E-state index in [1.807, 2.05) is 0 Å². The van der Waals surface area contributed by atoms with Gasteiger partial charge < -0.3 is 10.5 Å². The second-order valence-corrected chi connectivity index (χ2v) is 6.72. The molecule has 1 rings (SSSR count). The van der Waals surface area contributed by atoms with Crippen LogP contribution in [-0.2, 0) is 19.4 Å². The molecule has 0 spiro atoms. The first-order chi connectivity index (χ1) is 7.35. The van der Waals surface area contributed by atoms with Gasteiger partial charge in [0.2, 0.25) is 0 Å². The maximum Gasteiger partial charge on any atom is 0.313 e. The van der Waals surface area contributed by atoms with E-state index in [1.54, 1.807) is 6.92 Å². The predicted molar refractivity (Wildman–Crippen MR) is 60.6 cm³/mol. The lowest BCUT2D eigenvalue weighted by Gasteiger charge is -2.24. The number of carbonyl (C=O) groups excluding carboxylic acids is 1. The van der Waals surface area contributed by atoms with Gasteiger partial charge in [0.05, 0.1) is 17.3 Å². The van der Waals surface area contributed by atoms with Crippen molar-refractivity contribution in [3.63, 3.8) is 0 Å². The van der Waals surface area contributed by atoms with Gasteiger partial charge in [-0.15, -0.1) is 0 Å². The lowest BCUT2D eigenvalue weighted by atomic mass is 9.86. The van der Waals surface area contributed by atoms with Crippen LogP contribution in [0.4, 0.5) is 0 Å². The number of esters is 1. The topological polar surface area (TPSA) is 86.5 Å². The second-order valence-electron chi connectivity index (χ2n) is 4.40. The first-order valence-electron chi connectivity index (χ1n) is 5.42. The average Bonchev–Trinajstić information content (AvgIpc) is 2.63. The van der Waals surface area contributed by atoms with Crippen LogP contribution in [0, 0.1) is 5.41 Å². The fraction of sp³-hybridized carbons (Fsp3) is 0.900. The Morgan fingerprint density at radius 2 is 2.19 bits per heavy atom. The van der Waals surface area contributed by atoms with E-state index in [2.05, 4.69) is 0 Å². The molecule has 2 atom stereocenters. The summed E-state index contributed by atoms with van der Waals surface area (Å²) in [6.45, 7) is 2.17. The lowest BCUT2D eigenvalue weighted by Crippen LogP contribution is -2.38. The molecular formula is C10H19NO4S. The summed E-state index contributed by atoms with van der Waals surface area (Å²) >= 11 is 0. The van der Waals surface area contributed by atoms with Gasteiger partial charge in [0.15, 0.2) is 0 Å². The van der Waals surface area contributed by atoms with Crippen molar-refractivity contribution in [2.75, 3.05) is 19.4 Å². The fourth-order valence-corrected chi connectivity index (χ4v) is 3.35. The molecule has 2 N–H and O–H groups in total. The van der Waals surface area contributed by atoms with Crippen molar-refractivity contribution in [2.24, 2.45) is 11.1 Å². The summed E-state index contributed by atoms with van der Waals surface area (Å²) in [4.78, 5) is 11.8. The molecule has 1 saturated carbocycles. The average molecular weight is 249 g/mol. The summed E-state index contributed by atoms with van der Waals surface area (Å²) in [5.41, 5.74) is 4.82. The molecule has 1 aliphatic carbocycles. The van der Waals surface area contributed by atoms with Crippen LogP contribution in [0.15, 0.2) is 0 Å². The minimum absolute atomic E-state index is 0.151. The van der Waals surface area contributed by atoms with Gasteiger partial charge >= 0.3 is 5.97 Å². The Balaban J connectivity index is 2.83. The van der Waals surface area contributed by atoms with Gasteiger partial charge in [-0.3, -0.25) is 4.79 Å². The summed E-state index contributed by atoms with van der Waals surface area (Å²) in [6, 6.07) is 0. The Morgan fingerprint density at radius 3 is 2.56 bits per heavy atom. The van der Waals surface area contributed by atoms with Crippen molar-refractivity contribution in [3.05, 3.63) is 0 Å². The van der Waals surface area contributed by atoms with Crippen LogP contribution in [0.2, 0.25) is 0 Å². The van der Waals surface area contributed by atoms with E-state index < -0.39 is 20.5 Å². The normalized spacial score (nSPS) is 30.3. The minimum Gasteiger partial charge on any atom is -0.466 e. The zero-order chi connectivity index (χ0) is 12.4. The number of carbonyl (C=O) groups is 1. The molecule has 0 heterocycles. The smallest absolute Gasteiger partial charge is 0.313 e. The highest BCUT2D eigenvalue weighted by molar-refractivity contribution is 7.91. The maximum atomic E-state index is 11.8. The first kappa shape index (κ1) is 13.4. The first-order valence-corrected chi connectivity index (χ1v) is 7.37. The van der Waals surface area contributed by atoms with Crippen molar-refractivity contribution >= 4 is 15.8 Å². The summed E-state index contributed by atoms with van der Waals surface area (Å²) in [7, 11) is -3.10. The molecule has 5 nitrogen and oxygen atoms in total. The van der Waals surface area contributed by atoms with Crippen LogP contribution in [0.25, 0.3) is 0 Å². The molecule has 94 valence electrons. The van der Waals surface area contributed by atoms with Crippen LogP contribution >= 0.6 is 0 Å². The van der Waals surface area contributed by atoms with E-state index in [9.17, 15) is 13.2 Å².